The maximum absolute atomic E-state index is 11.4. The summed E-state index contributed by atoms with van der Waals surface area (Å²) in [4.78, 5) is 15.7. The van der Waals surface area contributed by atoms with Gasteiger partial charge in [0.2, 0.25) is 0 Å². The van der Waals surface area contributed by atoms with E-state index in [1.807, 2.05) is 24.3 Å². The van der Waals surface area contributed by atoms with Gasteiger partial charge < -0.3 is 4.52 Å². The highest BCUT2D eigenvalue weighted by atomic mass is 16.5. The Morgan fingerprint density at radius 3 is 2.93 bits per heavy atom. The maximum Gasteiger partial charge on any atom is 0.367 e. The van der Waals surface area contributed by atoms with E-state index >= 15 is 0 Å². The van der Waals surface area contributed by atoms with Gasteiger partial charge in [-0.25, -0.2) is 9.78 Å². The van der Waals surface area contributed by atoms with Crippen LogP contribution >= 0.6 is 0 Å². The number of aromatic nitrogens is 2. The van der Waals surface area contributed by atoms with Crippen molar-refractivity contribution in [1.82, 2.24) is 10.1 Å². The number of pyridine rings is 1. The molecule has 0 aliphatic carbocycles. The van der Waals surface area contributed by atoms with Crippen LogP contribution in [0.25, 0.3) is 21.8 Å². The molecule has 4 heteroatoms. The number of nitrogens with zero attached hydrogens (tertiary/aromatic N) is 2. The topological polar surface area (TPSA) is 56.0 Å². The standard InChI is InChI=1S/C11H6N2O2/c14-11-8-5-7-3-1-2-4-9(7)13-10(8)6-12-15-11/h1-6H. The van der Waals surface area contributed by atoms with Crippen molar-refractivity contribution in [1.29, 1.82) is 0 Å². The number of hydrogen-bond donors (Lipinski definition) is 0. The number of para-hydroxylation sites is 1. The lowest BCUT2D eigenvalue weighted by Gasteiger charge is -1.98. The van der Waals surface area contributed by atoms with Gasteiger partial charge in [0.25, 0.3) is 0 Å². The summed E-state index contributed by atoms with van der Waals surface area (Å²) in [5.74, 6) is 0. The molecule has 0 atom stereocenters. The average molecular weight is 198 g/mol. The SMILES string of the molecule is O=c1oncc2nc3ccccc3cc12. The second-order valence-electron chi connectivity index (χ2n) is 3.23. The molecule has 4 nitrogen and oxygen atoms in total. The smallest absolute Gasteiger partial charge is 0.313 e. The molecular weight excluding hydrogens is 192 g/mol. The molecule has 0 radical (unpaired) electrons. The first-order valence-corrected chi connectivity index (χ1v) is 4.49. The van der Waals surface area contributed by atoms with E-state index in [0.29, 0.717) is 10.9 Å². The van der Waals surface area contributed by atoms with Gasteiger partial charge in [-0.3, -0.25) is 0 Å². The molecule has 0 unspecified atom stereocenters. The van der Waals surface area contributed by atoms with Gasteiger partial charge in [0.05, 0.1) is 22.6 Å². The van der Waals surface area contributed by atoms with Crippen molar-refractivity contribution in [2.75, 3.05) is 0 Å². The summed E-state index contributed by atoms with van der Waals surface area (Å²) < 4.78 is 4.54. The molecule has 1 aromatic carbocycles. The highest BCUT2D eigenvalue weighted by molar-refractivity contribution is 5.91. The van der Waals surface area contributed by atoms with E-state index in [4.69, 9.17) is 0 Å². The van der Waals surface area contributed by atoms with E-state index in [9.17, 15) is 4.79 Å². The molecule has 0 aliphatic heterocycles. The summed E-state index contributed by atoms with van der Waals surface area (Å²) >= 11 is 0. The lowest BCUT2D eigenvalue weighted by atomic mass is 10.2. The van der Waals surface area contributed by atoms with Gasteiger partial charge in [-0.1, -0.05) is 23.4 Å². The summed E-state index contributed by atoms with van der Waals surface area (Å²) in [6.45, 7) is 0. The summed E-state index contributed by atoms with van der Waals surface area (Å²) in [7, 11) is 0. The molecule has 3 aromatic rings. The minimum absolute atomic E-state index is 0.453. The molecule has 0 saturated carbocycles. The van der Waals surface area contributed by atoms with E-state index < -0.39 is 5.63 Å². The molecule has 0 spiro atoms. The quantitative estimate of drug-likeness (QED) is 0.516. The van der Waals surface area contributed by atoms with Crippen molar-refractivity contribution in [3.63, 3.8) is 0 Å². The van der Waals surface area contributed by atoms with Crippen LogP contribution in [0.4, 0.5) is 0 Å². The zero-order valence-electron chi connectivity index (χ0n) is 7.68. The first kappa shape index (κ1) is 8.11. The van der Waals surface area contributed by atoms with E-state index in [2.05, 4.69) is 14.7 Å². The van der Waals surface area contributed by atoms with Gasteiger partial charge >= 0.3 is 5.63 Å². The van der Waals surface area contributed by atoms with Crippen molar-refractivity contribution in [3.05, 3.63) is 46.9 Å². The number of hydrogen-bond acceptors (Lipinski definition) is 4. The van der Waals surface area contributed by atoms with E-state index in [1.165, 1.54) is 6.20 Å². The zero-order chi connectivity index (χ0) is 10.3. The third-order valence-electron chi connectivity index (χ3n) is 2.28. The molecule has 15 heavy (non-hydrogen) atoms. The second-order valence-corrected chi connectivity index (χ2v) is 3.23. The van der Waals surface area contributed by atoms with E-state index in [-0.39, 0.29) is 0 Å². The Labute approximate surface area is 84.2 Å². The Bertz CT molecular complexity index is 703. The summed E-state index contributed by atoms with van der Waals surface area (Å²) in [5, 5.41) is 4.85. The monoisotopic (exact) mass is 198 g/mol. The lowest BCUT2D eigenvalue weighted by molar-refractivity contribution is 0.377. The van der Waals surface area contributed by atoms with Gasteiger partial charge in [0, 0.05) is 5.39 Å². The van der Waals surface area contributed by atoms with Gasteiger partial charge in [-0.2, -0.15) is 0 Å². The minimum Gasteiger partial charge on any atom is -0.313 e. The van der Waals surface area contributed by atoms with Crippen LogP contribution in [0.2, 0.25) is 0 Å². The molecule has 2 heterocycles. The van der Waals surface area contributed by atoms with Gasteiger partial charge in [0.15, 0.2) is 0 Å². The van der Waals surface area contributed by atoms with Crippen LogP contribution in [-0.4, -0.2) is 10.1 Å². The zero-order valence-corrected chi connectivity index (χ0v) is 7.68. The number of benzene rings is 1. The molecular formula is C11H6N2O2. The maximum atomic E-state index is 11.4. The molecule has 0 aliphatic rings. The predicted molar refractivity (Wildman–Crippen MR) is 55.6 cm³/mol. The van der Waals surface area contributed by atoms with Crippen LogP contribution < -0.4 is 5.63 Å². The second kappa shape index (κ2) is 2.88. The molecule has 0 amide bonds. The third kappa shape index (κ3) is 1.19. The Balaban J connectivity index is 2.59. The first-order valence-electron chi connectivity index (χ1n) is 4.49. The average Bonchev–Trinajstić information content (AvgIpc) is 2.27. The molecule has 72 valence electrons. The lowest BCUT2D eigenvalue weighted by Crippen LogP contribution is -2.01. The van der Waals surface area contributed by atoms with Crippen molar-refractivity contribution < 1.29 is 4.52 Å². The summed E-state index contributed by atoms with van der Waals surface area (Å²) in [6.07, 6.45) is 1.45. The fraction of sp³-hybridized carbons (Fsp3) is 0. The van der Waals surface area contributed by atoms with Crippen LogP contribution in [0, 0.1) is 0 Å². The molecule has 0 saturated heterocycles. The molecule has 3 rings (SSSR count). The predicted octanol–water partition coefficient (Wildman–Crippen LogP) is 1.74. The van der Waals surface area contributed by atoms with Crippen LogP contribution in [0.15, 0.2) is 45.8 Å². The molecule has 0 N–H and O–H groups in total. The highest BCUT2D eigenvalue weighted by Gasteiger charge is 2.03. The Kier molecular flexibility index (Phi) is 1.56. The van der Waals surface area contributed by atoms with Crippen molar-refractivity contribution in [2.24, 2.45) is 0 Å². The number of fused-ring (bicyclic) bond motifs is 2. The Morgan fingerprint density at radius 1 is 1.13 bits per heavy atom. The van der Waals surface area contributed by atoms with Crippen LogP contribution in [-0.2, 0) is 0 Å². The highest BCUT2D eigenvalue weighted by Crippen LogP contribution is 2.15. The fourth-order valence-electron chi connectivity index (χ4n) is 1.57. The summed E-state index contributed by atoms with van der Waals surface area (Å²) in [6, 6.07) is 9.37. The number of rotatable bonds is 0. The Morgan fingerprint density at radius 2 is 2.00 bits per heavy atom. The largest absolute Gasteiger partial charge is 0.367 e. The summed E-state index contributed by atoms with van der Waals surface area (Å²) in [5.41, 5.74) is 0.952. The van der Waals surface area contributed by atoms with Gasteiger partial charge in [-0.15, -0.1) is 0 Å². The molecule has 0 bridgehead atoms. The third-order valence-corrected chi connectivity index (χ3v) is 2.28. The van der Waals surface area contributed by atoms with Gasteiger partial charge in [-0.05, 0) is 12.1 Å². The first-order chi connectivity index (χ1) is 7.34. The van der Waals surface area contributed by atoms with E-state index in [0.717, 1.165) is 10.9 Å². The normalized spacial score (nSPS) is 10.9. The fourth-order valence-corrected chi connectivity index (χ4v) is 1.57. The minimum atomic E-state index is -0.453. The Hall–Kier alpha value is -2.23. The van der Waals surface area contributed by atoms with Crippen LogP contribution in [0.5, 0.6) is 0 Å². The van der Waals surface area contributed by atoms with Crippen molar-refractivity contribution >= 4 is 21.8 Å². The van der Waals surface area contributed by atoms with E-state index in [1.54, 1.807) is 6.07 Å². The molecule has 2 aromatic heterocycles. The van der Waals surface area contributed by atoms with Crippen LogP contribution in [0.3, 0.4) is 0 Å². The molecule has 0 fully saturated rings. The van der Waals surface area contributed by atoms with Crippen molar-refractivity contribution in [3.8, 4) is 0 Å². The van der Waals surface area contributed by atoms with Crippen molar-refractivity contribution in [2.45, 2.75) is 0 Å². The van der Waals surface area contributed by atoms with Crippen LogP contribution in [0.1, 0.15) is 0 Å². The van der Waals surface area contributed by atoms with Gasteiger partial charge in [0.1, 0.15) is 0 Å².